The van der Waals surface area contributed by atoms with Gasteiger partial charge in [-0.2, -0.15) is 0 Å². The van der Waals surface area contributed by atoms with Crippen molar-refractivity contribution in [3.63, 3.8) is 0 Å². The molecule has 0 aromatic carbocycles. The smallest absolute Gasteiger partial charge is 0.202 e. The lowest BCUT2D eigenvalue weighted by atomic mass is 9.77. The number of hydrogen-bond donors (Lipinski definition) is 2. The second kappa shape index (κ2) is 9.23. The molecule has 3 aliphatic rings. The zero-order chi connectivity index (χ0) is 21.3. The molecule has 3 rings (SSSR count). The van der Waals surface area contributed by atoms with Crippen LogP contribution in [0.25, 0.3) is 0 Å². The van der Waals surface area contributed by atoms with Crippen molar-refractivity contribution in [2.24, 2.45) is 23.2 Å². The number of ether oxygens (including phenoxy) is 4. The highest BCUT2D eigenvalue weighted by Crippen LogP contribution is 2.38. The van der Waals surface area contributed by atoms with Crippen LogP contribution in [0.15, 0.2) is 11.8 Å². The lowest BCUT2D eigenvalue weighted by Gasteiger charge is -2.47. The number of hydrogen-bond acceptors (Lipinski definition) is 6. The highest BCUT2D eigenvalue weighted by atomic mass is 16.7. The van der Waals surface area contributed by atoms with E-state index in [9.17, 15) is 10.2 Å². The van der Waals surface area contributed by atoms with E-state index in [1.165, 1.54) is 0 Å². The first-order valence-corrected chi connectivity index (χ1v) is 11.3. The van der Waals surface area contributed by atoms with Gasteiger partial charge in [0.15, 0.2) is 6.29 Å². The summed E-state index contributed by atoms with van der Waals surface area (Å²) in [7, 11) is 0. The van der Waals surface area contributed by atoms with Crippen molar-refractivity contribution in [1.82, 2.24) is 0 Å². The first-order chi connectivity index (χ1) is 13.6. The molecular weight excluding hydrogens is 372 g/mol. The third-order valence-corrected chi connectivity index (χ3v) is 6.63. The van der Waals surface area contributed by atoms with Gasteiger partial charge in [-0.25, -0.2) is 0 Å². The van der Waals surface area contributed by atoms with Crippen LogP contribution in [-0.2, 0) is 18.9 Å². The van der Waals surface area contributed by atoms with Gasteiger partial charge in [0.25, 0.3) is 0 Å². The van der Waals surface area contributed by atoms with Crippen molar-refractivity contribution in [2.45, 2.75) is 104 Å². The fraction of sp³-hybridized carbons (Fsp3) is 0.913. The van der Waals surface area contributed by atoms with Crippen LogP contribution in [0.4, 0.5) is 0 Å². The first-order valence-electron chi connectivity index (χ1n) is 11.3. The van der Waals surface area contributed by atoms with E-state index in [1.807, 2.05) is 0 Å². The number of rotatable bonds is 5. The fourth-order valence-corrected chi connectivity index (χ4v) is 4.86. The number of aliphatic hydroxyl groups excluding tert-OH is 2. The largest absolute Gasteiger partial charge is 0.469 e. The first kappa shape index (κ1) is 23.0. The van der Waals surface area contributed by atoms with Gasteiger partial charge in [-0.05, 0) is 42.6 Å². The highest BCUT2D eigenvalue weighted by molar-refractivity contribution is 4.99. The maximum atomic E-state index is 11.2. The van der Waals surface area contributed by atoms with Crippen LogP contribution in [0, 0.1) is 23.2 Å². The molecule has 6 heteroatoms. The van der Waals surface area contributed by atoms with Crippen LogP contribution in [0.5, 0.6) is 0 Å². The van der Waals surface area contributed by atoms with Crippen LogP contribution in [0.1, 0.15) is 67.2 Å². The molecule has 2 heterocycles. The molecule has 9 unspecified atom stereocenters. The summed E-state index contributed by atoms with van der Waals surface area (Å²) >= 11 is 0. The Bertz CT molecular complexity index is 576. The number of aliphatic hydroxyl groups is 2. The lowest BCUT2D eigenvalue weighted by molar-refractivity contribution is -0.299. The van der Waals surface area contributed by atoms with Crippen LogP contribution in [0.2, 0.25) is 0 Å². The van der Waals surface area contributed by atoms with E-state index in [4.69, 9.17) is 18.9 Å². The molecule has 0 aromatic rings. The van der Waals surface area contributed by atoms with E-state index < -0.39 is 24.6 Å². The molecule has 2 aliphatic heterocycles. The molecule has 1 saturated carbocycles. The van der Waals surface area contributed by atoms with Gasteiger partial charge < -0.3 is 29.2 Å². The van der Waals surface area contributed by atoms with Crippen LogP contribution in [-0.4, -0.2) is 53.8 Å². The monoisotopic (exact) mass is 412 g/mol. The van der Waals surface area contributed by atoms with Gasteiger partial charge in [-0.3, -0.25) is 0 Å². The van der Waals surface area contributed by atoms with E-state index in [1.54, 1.807) is 0 Å². The highest BCUT2D eigenvalue weighted by Gasteiger charge is 2.47. The Labute approximate surface area is 175 Å². The minimum atomic E-state index is -0.800. The van der Waals surface area contributed by atoms with E-state index >= 15 is 0 Å². The standard InChI is InChI=1S/C23H40O6/c1-7-16-9-8-13(2)21(27-16)28-19-14(3)10-15(4)20(18(19)25)29-22-17(24)11-23(5,6)12-26-22/h9,13-15,17-22,24-25H,7-8,10-12H2,1-6H3. The van der Waals surface area contributed by atoms with Crippen molar-refractivity contribution >= 4 is 0 Å². The summed E-state index contributed by atoms with van der Waals surface area (Å²) in [4.78, 5) is 0. The lowest BCUT2D eigenvalue weighted by Crippen LogP contribution is -2.56. The molecular formula is C23H40O6. The van der Waals surface area contributed by atoms with E-state index in [2.05, 4.69) is 47.6 Å². The molecule has 168 valence electrons. The molecule has 6 nitrogen and oxygen atoms in total. The molecule has 0 bridgehead atoms. The molecule has 0 amide bonds. The van der Waals surface area contributed by atoms with Crippen LogP contribution >= 0.6 is 0 Å². The van der Waals surface area contributed by atoms with Gasteiger partial charge in [0, 0.05) is 12.3 Å². The predicted molar refractivity (Wildman–Crippen MR) is 110 cm³/mol. The Kier molecular flexibility index (Phi) is 7.32. The van der Waals surface area contributed by atoms with Gasteiger partial charge in [0.05, 0.1) is 24.6 Å². The van der Waals surface area contributed by atoms with E-state index in [0.29, 0.717) is 13.0 Å². The Hall–Kier alpha value is -0.660. The minimum Gasteiger partial charge on any atom is -0.469 e. The summed E-state index contributed by atoms with van der Waals surface area (Å²) in [5.74, 6) is 1.51. The summed E-state index contributed by atoms with van der Waals surface area (Å²) in [6, 6.07) is 0. The topological polar surface area (TPSA) is 77.4 Å². The average Bonchev–Trinajstić information content (AvgIpc) is 2.64. The summed E-state index contributed by atoms with van der Waals surface area (Å²) < 4.78 is 24.3. The summed E-state index contributed by atoms with van der Waals surface area (Å²) in [5, 5.41) is 21.7. The zero-order valence-electron chi connectivity index (χ0n) is 18.8. The van der Waals surface area contributed by atoms with Gasteiger partial charge in [-0.1, -0.05) is 41.5 Å². The molecule has 0 spiro atoms. The molecule has 2 fully saturated rings. The number of allylic oxidation sites excluding steroid dienone is 2. The SMILES string of the molecule is CCC1=CCC(C)C(OC2C(C)CC(C)C(OC3OCC(C)(C)CC3O)C2O)O1. The van der Waals surface area contributed by atoms with E-state index in [-0.39, 0.29) is 35.6 Å². The second-order valence-corrected chi connectivity index (χ2v) is 10.2. The average molecular weight is 413 g/mol. The van der Waals surface area contributed by atoms with Gasteiger partial charge in [0.2, 0.25) is 6.29 Å². The molecule has 1 aliphatic carbocycles. The Morgan fingerprint density at radius 1 is 1.03 bits per heavy atom. The second-order valence-electron chi connectivity index (χ2n) is 10.2. The Morgan fingerprint density at radius 3 is 2.24 bits per heavy atom. The quantitative estimate of drug-likeness (QED) is 0.718. The zero-order valence-corrected chi connectivity index (χ0v) is 18.8. The van der Waals surface area contributed by atoms with Crippen molar-refractivity contribution in [2.75, 3.05) is 6.61 Å². The normalized spacial score (nSPS) is 45.4. The van der Waals surface area contributed by atoms with Crippen molar-refractivity contribution < 1.29 is 29.2 Å². The summed E-state index contributed by atoms with van der Waals surface area (Å²) in [6.45, 7) is 13.0. The molecule has 0 radical (unpaired) electrons. The molecule has 9 atom stereocenters. The maximum absolute atomic E-state index is 11.2. The van der Waals surface area contributed by atoms with Gasteiger partial charge in [0.1, 0.15) is 12.2 Å². The van der Waals surface area contributed by atoms with Crippen molar-refractivity contribution in [1.29, 1.82) is 0 Å². The molecule has 0 aromatic heterocycles. The maximum Gasteiger partial charge on any atom is 0.202 e. The van der Waals surface area contributed by atoms with Crippen molar-refractivity contribution in [3.8, 4) is 0 Å². The van der Waals surface area contributed by atoms with Crippen LogP contribution < -0.4 is 0 Å². The summed E-state index contributed by atoms with van der Waals surface area (Å²) in [6.07, 6.45) is 1.98. The minimum absolute atomic E-state index is 0.0742. The van der Waals surface area contributed by atoms with Gasteiger partial charge >= 0.3 is 0 Å². The van der Waals surface area contributed by atoms with Crippen LogP contribution in [0.3, 0.4) is 0 Å². The Balaban J connectivity index is 1.66. The molecule has 29 heavy (non-hydrogen) atoms. The predicted octanol–water partition coefficient (Wildman–Crippen LogP) is 3.60. The summed E-state index contributed by atoms with van der Waals surface area (Å²) in [5.41, 5.74) is -0.0742. The van der Waals surface area contributed by atoms with E-state index in [0.717, 1.165) is 25.0 Å². The third-order valence-electron chi connectivity index (χ3n) is 6.63. The fourth-order valence-electron chi connectivity index (χ4n) is 4.86. The molecule has 2 N–H and O–H groups in total. The molecule has 1 saturated heterocycles. The third kappa shape index (κ3) is 5.34. The van der Waals surface area contributed by atoms with Crippen molar-refractivity contribution in [3.05, 3.63) is 11.8 Å². The van der Waals surface area contributed by atoms with Gasteiger partial charge in [-0.15, -0.1) is 0 Å². The Morgan fingerprint density at radius 2 is 1.66 bits per heavy atom.